The van der Waals surface area contributed by atoms with Gasteiger partial charge in [0.25, 0.3) is 0 Å². The molecule has 1 heterocycles. The largest absolute Gasteiger partial charge is 0.336 e. The fraction of sp³-hybridized carbons (Fsp3) is 0.900. The molecule has 0 aliphatic carbocycles. The maximum absolute atomic E-state index is 11.6. The number of nitrogens with one attached hydrogen (secondary N) is 1. The standard InChI is InChI=1S/C10H20N2O/c1-8-5-4-6-10(13)12(8)9(2)7-11-3/h8-9,11H,4-7H2,1-3H3. The van der Waals surface area contributed by atoms with Crippen molar-refractivity contribution in [3.8, 4) is 0 Å². The van der Waals surface area contributed by atoms with Gasteiger partial charge in [-0.25, -0.2) is 0 Å². The summed E-state index contributed by atoms with van der Waals surface area (Å²) in [4.78, 5) is 13.6. The van der Waals surface area contributed by atoms with Crippen LogP contribution in [0.5, 0.6) is 0 Å². The molecule has 0 bridgehead atoms. The first-order chi connectivity index (χ1) is 6.16. The van der Waals surface area contributed by atoms with Gasteiger partial charge in [-0.05, 0) is 33.7 Å². The van der Waals surface area contributed by atoms with Gasteiger partial charge in [-0.2, -0.15) is 0 Å². The average Bonchev–Trinajstić information content (AvgIpc) is 2.04. The van der Waals surface area contributed by atoms with Crippen LogP contribution in [0.15, 0.2) is 0 Å². The molecule has 2 unspecified atom stereocenters. The van der Waals surface area contributed by atoms with Gasteiger partial charge in [0.15, 0.2) is 0 Å². The number of hydrogen-bond donors (Lipinski definition) is 1. The minimum absolute atomic E-state index is 0.321. The Kier molecular flexibility index (Phi) is 3.72. The fourth-order valence-electron chi connectivity index (χ4n) is 2.14. The Labute approximate surface area is 80.5 Å². The predicted molar refractivity (Wildman–Crippen MR) is 53.5 cm³/mol. The van der Waals surface area contributed by atoms with Crippen molar-refractivity contribution < 1.29 is 4.79 Å². The molecule has 1 saturated heterocycles. The lowest BCUT2D eigenvalue weighted by atomic mass is 10.0. The van der Waals surface area contributed by atoms with Crippen LogP contribution in [0.3, 0.4) is 0 Å². The Hall–Kier alpha value is -0.570. The Bertz CT molecular complexity index is 182. The third-order valence-electron chi connectivity index (χ3n) is 2.75. The summed E-state index contributed by atoms with van der Waals surface area (Å²) in [5, 5.41) is 3.11. The number of likely N-dealkylation sites (N-methyl/N-ethyl adjacent to an activating group) is 1. The Balaban J connectivity index is 2.57. The van der Waals surface area contributed by atoms with Gasteiger partial charge in [0.05, 0.1) is 0 Å². The van der Waals surface area contributed by atoms with E-state index in [2.05, 4.69) is 19.2 Å². The van der Waals surface area contributed by atoms with Gasteiger partial charge in [0, 0.05) is 25.0 Å². The molecule has 0 aromatic heterocycles. The number of carbonyl (C=O) groups is 1. The summed E-state index contributed by atoms with van der Waals surface area (Å²) in [5.74, 6) is 0.321. The summed E-state index contributed by atoms with van der Waals surface area (Å²) in [6.45, 7) is 5.13. The molecule has 1 fully saturated rings. The molecule has 3 nitrogen and oxygen atoms in total. The second kappa shape index (κ2) is 4.61. The van der Waals surface area contributed by atoms with Crippen molar-refractivity contribution in [2.75, 3.05) is 13.6 Å². The van der Waals surface area contributed by atoms with Gasteiger partial charge in [-0.1, -0.05) is 0 Å². The van der Waals surface area contributed by atoms with E-state index in [1.807, 2.05) is 11.9 Å². The van der Waals surface area contributed by atoms with Gasteiger partial charge in [0.1, 0.15) is 0 Å². The number of rotatable bonds is 3. The molecule has 2 atom stereocenters. The minimum Gasteiger partial charge on any atom is -0.336 e. The maximum Gasteiger partial charge on any atom is 0.223 e. The van der Waals surface area contributed by atoms with E-state index in [9.17, 15) is 4.79 Å². The molecule has 0 aromatic rings. The minimum atomic E-state index is 0.321. The van der Waals surface area contributed by atoms with Crippen LogP contribution >= 0.6 is 0 Å². The molecule has 76 valence electrons. The van der Waals surface area contributed by atoms with Crippen molar-refractivity contribution in [3.63, 3.8) is 0 Å². The van der Waals surface area contributed by atoms with Crippen molar-refractivity contribution in [3.05, 3.63) is 0 Å². The zero-order valence-corrected chi connectivity index (χ0v) is 8.84. The van der Waals surface area contributed by atoms with Crippen LogP contribution in [-0.4, -0.2) is 36.5 Å². The van der Waals surface area contributed by atoms with Gasteiger partial charge in [-0.15, -0.1) is 0 Å². The van der Waals surface area contributed by atoms with Crippen LogP contribution < -0.4 is 5.32 Å². The van der Waals surface area contributed by atoms with E-state index in [1.165, 1.54) is 0 Å². The van der Waals surface area contributed by atoms with Crippen LogP contribution in [0.4, 0.5) is 0 Å². The highest BCUT2D eigenvalue weighted by Gasteiger charge is 2.27. The van der Waals surface area contributed by atoms with Crippen LogP contribution in [0.2, 0.25) is 0 Å². The second-order valence-corrected chi connectivity index (χ2v) is 3.95. The summed E-state index contributed by atoms with van der Waals surface area (Å²) >= 11 is 0. The van der Waals surface area contributed by atoms with Crippen molar-refractivity contribution in [2.24, 2.45) is 0 Å². The molecule has 1 N–H and O–H groups in total. The fourth-order valence-corrected chi connectivity index (χ4v) is 2.14. The number of hydrogen-bond acceptors (Lipinski definition) is 2. The first-order valence-electron chi connectivity index (χ1n) is 5.12. The van der Waals surface area contributed by atoms with E-state index in [0.29, 0.717) is 18.0 Å². The highest BCUT2D eigenvalue weighted by atomic mass is 16.2. The zero-order chi connectivity index (χ0) is 9.84. The third kappa shape index (κ3) is 2.44. The molecular weight excluding hydrogens is 164 g/mol. The van der Waals surface area contributed by atoms with Crippen LogP contribution in [0, 0.1) is 0 Å². The number of piperidine rings is 1. The van der Waals surface area contributed by atoms with Gasteiger partial charge in [-0.3, -0.25) is 4.79 Å². The molecule has 1 rings (SSSR count). The number of carbonyl (C=O) groups excluding carboxylic acids is 1. The van der Waals surface area contributed by atoms with Crippen LogP contribution in [0.25, 0.3) is 0 Å². The van der Waals surface area contributed by atoms with Gasteiger partial charge < -0.3 is 10.2 Å². The molecule has 1 aliphatic heterocycles. The summed E-state index contributed by atoms with van der Waals surface area (Å²) in [6.07, 6.45) is 2.95. The molecule has 13 heavy (non-hydrogen) atoms. The van der Waals surface area contributed by atoms with E-state index in [4.69, 9.17) is 0 Å². The first kappa shape index (κ1) is 10.5. The predicted octanol–water partition coefficient (Wildman–Crippen LogP) is 0.995. The molecule has 0 spiro atoms. The van der Waals surface area contributed by atoms with Gasteiger partial charge in [0.2, 0.25) is 5.91 Å². The quantitative estimate of drug-likeness (QED) is 0.709. The Morgan fingerprint density at radius 1 is 1.69 bits per heavy atom. The normalized spacial score (nSPS) is 26.2. The van der Waals surface area contributed by atoms with Crippen LogP contribution in [-0.2, 0) is 4.79 Å². The monoisotopic (exact) mass is 184 g/mol. The van der Waals surface area contributed by atoms with Crippen molar-refractivity contribution in [1.29, 1.82) is 0 Å². The first-order valence-corrected chi connectivity index (χ1v) is 5.12. The number of amides is 1. The average molecular weight is 184 g/mol. The molecule has 0 radical (unpaired) electrons. The van der Waals surface area contributed by atoms with E-state index < -0.39 is 0 Å². The highest BCUT2D eigenvalue weighted by molar-refractivity contribution is 5.77. The molecule has 3 heteroatoms. The third-order valence-corrected chi connectivity index (χ3v) is 2.75. The van der Waals surface area contributed by atoms with Gasteiger partial charge >= 0.3 is 0 Å². The Morgan fingerprint density at radius 2 is 2.38 bits per heavy atom. The topological polar surface area (TPSA) is 32.3 Å². The van der Waals surface area contributed by atoms with Crippen molar-refractivity contribution >= 4 is 5.91 Å². The van der Waals surface area contributed by atoms with E-state index in [1.54, 1.807) is 0 Å². The number of likely N-dealkylation sites (tertiary alicyclic amines) is 1. The maximum atomic E-state index is 11.6. The highest BCUT2D eigenvalue weighted by Crippen LogP contribution is 2.19. The molecule has 0 saturated carbocycles. The molecule has 0 aromatic carbocycles. The van der Waals surface area contributed by atoms with Crippen molar-refractivity contribution in [1.82, 2.24) is 10.2 Å². The lowest BCUT2D eigenvalue weighted by Gasteiger charge is -2.38. The SMILES string of the molecule is CNCC(C)N1C(=O)CCCC1C. The van der Waals surface area contributed by atoms with E-state index >= 15 is 0 Å². The zero-order valence-electron chi connectivity index (χ0n) is 8.84. The summed E-state index contributed by atoms with van der Waals surface area (Å²) in [5.41, 5.74) is 0. The number of nitrogens with zero attached hydrogens (tertiary/aromatic N) is 1. The van der Waals surface area contributed by atoms with E-state index in [0.717, 1.165) is 25.8 Å². The van der Waals surface area contributed by atoms with Crippen LogP contribution in [0.1, 0.15) is 33.1 Å². The molecular formula is C10H20N2O. The Morgan fingerprint density at radius 3 is 2.92 bits per heavy atom. The molecule has 1 aliphatic rings. The summed E-state index contributed by atoms with van der Waals surface area (Å²) in [7, 11) is 1.93. The second-order valence-electron chi connectivity index (χ2n) is 3.95. The summed E-state index contributed by atoms with van der Waals surface area (Å²) in [6, 6.07) is 0.748. The lowest BCUT2D eigenvalue weighted by molar-refractivity contribution is -0.138. The van der Waals surface area contributed by atoms with E-state index in [-0.39, 0.29) is 0 Å². The lowest BCUT2D eigenvalue weighted by Crippen LogP contribution is -2.50. The summed E-state index contributed by atoms with van der Waals surface area (Å²) < 4.78 is 0. The smallest absolute Gasteiger partial charge is 0.223 e. The molecule has 1 amide bonds. The van der Waals surface area contributed by atoms with Crippen molar-refractivity contribution in [2.45, 2.75) is 45.2 Å².